The predicted octanol–water partition coefficient (Wildman–Crippen LogP) is 3.51. The third-order valence-electron chi connectivity index (χ3n) is 3.50. The van der Waals surface area contributed by atoms with Crippen LogP contribution in [0.2, 0.25) is 0 Å². The number of sulfone groups is 1. The van der Waals surface area contributed by atoms with E-state index >= 15 is 0 Å². The summed E-state index contributed by atoms with van der Waals surface area (Å²) in [5.41, 5.74) is 1.69. The number of nitrogens with zero attached hydrogens (tertiary/aromatic N) is 1. The Morgan fingerprint density at radius 2 is 1.79 bits per heavy atom. The quantitative estimate of drug-likeness (QED) is 0.813. The summed E-state index contributed by atoms with van der Waals surface area (Å²) < 4.78 is 30.1. The molecule has 0 aliphatic rings. The molecule has 0 saturated carbocycles. The smallest absolute Gasteiger partial charge is 0.218 e. The van der Waals surface area contributed by atoms with Crippen LogP contribution in [0.5, 0.6) is 5.75 Å². The van der Waals surface area contributed by atoms with E-state index in [0.717, 1.165) is 12.0 Å². The fourth-order valence-corrected chi connectivity index (χ4v) is 3.12. The maximum absolute atomic E-state index is 12.5. The minimum atomic E-state index is -3.85. The van der Waals surface area contributed by atoms with E-state index in [-0.39, 0.29) is 9.80 Å². The number of ether oxygens (including phenoxy) is 1. The van der Waals surface area contributed by atoms with Gasteiger partial charge in [0, 0.05) is 11.9 Å². The molecule has 1 N–H and O–H groups in total. The SMILES string of the molecule is CCc1ccc(S(=O)(=O)/C(C#N)=C\Nc2ccc(OC)cc2)cc1. The number of anilines is 1. The van der Waals surface area contributed by atoms with Crippen LogP contribution in [-0.2, 0) is 16.3 Å². The highest BCUT2D eigenvalue weighted by atomic mass is 32.2. The maximum atomic E-state index is 12.5. The van der Waals surface area contributed by atoms with Crippen molar-refractivity contribution in [1.82, 2.24) is 0 Å². The molecule has 24 heavy (non-hydrogen) atoms. The lowest BCUT2D eigenvalue weighted by Gasteiger charge is -2.06. The number of rotatable bonds is 6. The van der Waals surface area contributed by atoms with E-state index < -0.39 is 9.84 Å². The van der Waals surface area contributed by atoms with Gasteiger partial charge < -0.3 is 10.1 Å². The van der Waals surface area contributed by atoms with E-state index in [0.29, 0.717) is 11.4 Å². The third kappa shape index (κ3) is 3.94. The molecule has 5 nitrogen and oxygen atoms in total. The van der Waals surface area contributed by atoms with Gasteiger partial charge in [0.1, 0.15) is 11.8 Å². The van der Waals surface area contributed by atoms with Crippen molar-refractivity contribution in [2.45, 2.75) is 18.2 Å². The molecule has 0 bridgehead atoms. The second kappa shape index (κ2) is 7.66. The van der Waals surface area contributed by atoms with Gasteiger partial charge in [-0.05, 0) is 48.4 Å². The Balaban J connectivity index is 2.25. The molecular formula is C18H18N2O3S. The van der Waals surface area contributed by atoms with Crippen LogP contribution in [-0.4, -0.2) is 15.5 Å². The molecule has 0 amide bonds. The first kappa shape index (κ1) is 17.6. The van der Waals surface area contributed by atoms with Gasteiger partial charge in [0.15, 0.2) is 4.91 Å². The molecule has 0 heterocycles. The van der Waals surface area contributed by atoms with Crippen molar-refractivity contribution < 1.29 is 13.2 Å². The summed E-state index contributed by atoms with van der Waals surface area (Å²) in [6.07, 6.45) is 2.02. The van der Waals surface area contributed by atoms with Crippen molar-refractivity contribution in [3.05, 3.63) is 65.2 Å². The Labute approximate surface area is 142 Å². The number of allylic oxidation sites excluding steroid dienone is 1. The Kier molecular flexibility index (Phi) is 5.61. The molecule has 0 atom stereocenters. The number of nitrogens with one attached hydrogen (secondary N) is 1. The van der Waals surface area contributed by atoms with Gasteiger partial charge in [0.05, 0.1) is 12.0 Å². The van der Waals surface area contributed by atoms with E-state index in [1.54, 1.807) is 49.6 Å². The zero-order valence-corrected chi connectivity index (χ0v) is 14.3. The number of nitriles is 1. The molecule has 0 aliphatic carbocycles. The molecule has 2 rings (SSSR count). The van der Waals surface area contributed by atoms with Crippen molar-refractivity contribution in [3.63, 3.8) is 0 Å². The van der Waals surface area contributed by atoms with Crippen LogP contribution < -0.4 is 10.1 Å². The van der Waals surface area contributed by atoms with Crippen LogP contribution in [0, 0.1) is 11.3 Å². The van der Waals surface area contributed by atoms with E-state index in [1.165, 1.54) is 18.3 Å². The summed E-state index contributed by atoms with van der Waals surface area (Å²) in [5.74, 6) is 0.689. The Hall–Kier alpha value is -2.78. The van der Waals surface area contributed by atoms with E-state index in [9.17, 15) is 13.7 Å². The maximum Gasteiger partial charge on any atom is 0.218 e. The minimum absolute atomic E-state index is 0.101. The van der Waals surface area contributed by atoms with Gasteiger partial charge in [0.25, 0.3) is 0 Å². The van der Waals surface area contributed by atoms with Crippen LogP contribution >= 0.6 is 0 Å². The fraction of sp³-hybridized carbons (Fsp3) is 0.167. The Morgan fingerprint density at radius 1 is 1.17 bits per heavy atom. The molecule has 0 saturated heterocycles. The van der Waals surface area contributed by atoms with E-state index in [4.69, 9.17) is 4.74 Å². The molecule has 0 unspecified atom stereocenters. The van der Waals surface area contributed by atoms with Crippen LogP contribution in [0.3, 0.4) is 0 Å². The summed E-state index contributed by atoms with van der Waals surface area (Å²) in [4.78, 5) is -0.244. The highest BCUT2D eigenvalue weighted by Crippen LogP contribution is 2.21. The normalized spacial score (nSPS) is 11.6. The molecule has 0 spiro atoms. The average Bonchev–Trinajstić information content (AvgIpc) is 2.62. The number of benzene rings is 2. The summed E-state index contributed by atoms with van der Waals surface area (Å²) in [7, 11) is -2.28. The molecule has 0 radical (unpaired) electrons. The Morgan fingerprint density at radius 3 is 2.29 bits per heavy atom. The van der Waals surface area contributed by atoms with Crippen molar-refractivity contribution in [3.8, 4) is 11.8 Å². The fourth-order valence-electron chi connectivity index (χ4n) is 2.04. The van der Waals surface area contributed by atoms with Gasteiger partial charge in [-0.2, -0.15) is 5.26 Å². The number of hydrogen-bond acceptors (Lipinski definition) is 5. The first-order valence-electron chi connectivity index (χ1n) is 7.36. The van der Waals surface area contributed by atoms with Crippen LogP contribution in [0.25, 0.3) is 0 Å². The zero-order valence-electron chi connectivity index (χ0n) is 13.5. The average molecular weight is 342 g/mol. The predicted molar refractivity (Wildman–Crippen MR) is 93.3 cm³/mol. The van der Waals surface area contributed by atoms with Gasteiger partial charge in [-0.15, -0.1) is 0 Å². The summed E-state index contributed by atoms with van der Waals surface area (Å²) in [6.45, 7) is 1.99. The third-order valence-corrected chi connectivity index (χ3v) is 5.18. The number of hydrogen-bond donors (Lipinski definition) is 1. The first-order chi connectivity index (χ1) is 11.5. The summed E-state index contributed by atoms with van der Waals surface area (Å²) >= 11 is 0. The molecular weight excluding hydrogens is 324 g/mol. The molecule has 0 aromatic heterocycles. The standard InChI is InChI=1S/C18H18N2O3S/c1-3-14-4-10-17(11-5-14)24(21,22)18(12-19)13-20-15-6-8-16(23-2)9-7-15/h4-11,13,20H,3H2,1-2H3/b18-13-. The van der Waals surface area contributed by atoms with E-state index in [1.807, 2.05) is 6.92 Å². The topological polar surface area (TPSA) is 79.2 Å². The van der Waals surface area contributed by atoms with Gasteiger partial charge in [-0.3, -0.25) is 0 Å². The van der Waals surface area contributed by atoms with Gasteiger partial charge in [-0.25, -0.2) is 8.42 Å². The molecule has 0 aliphatic heterocycles. The summed E-state index contributed by atoms with van der Waals surface area (Å²) in [5, 5.41) is 12.1. The van der Waals surface area contributed by atoms with Crippen molar-refractivity contribution in [2.75, 3.05) is 12.4 Å². The van der Waals surface area contributed by atoms with Crippen molar-refractivity contribution in [1.29, 1.82) is 5.26 Å². The van der Waals surface area contributed by atoms with Gasteiger partial charge in [-0.1, -0.05) is 19.1 Å². The summed E-state index contributed by atoms with van der Waals surface area (Å²) in [6, 6.07) is 15.2. The first-order valence-corrected chi connectivity index (χ1v) is 8.84. The van der Waals surface area contributed by atoms with E-state index in [2.05, 4.69) is 5.32 Å². The van der Waals surface area contributed by atoms with Crippen LogP contribution in [0.4, 0.5) is 5.69 Å². The minimum Gasteiger partial charge on any atom is -0.497 e. The lowest BCUT2D eigenvalue weighted by atomic mass is 10.2. The molecule has 0 fully saturated rings. The van der Waals surface area contributed by atoms with Crippen LogP contribution in [0.15, 0.2) is 64.5 Å². The zero-order chi connectivity index (χ0) is 17.6. The lowest BCUT2D eigenvalue weighted by Crippen LogP contribution is -2.05. The Bertz CT molecular complexity index is 862. The second-order valence-electron chi connectivity index (χ2n) is 4.99. The number of aryl methyl sites for hydroxylation is 1. The van der Waals surface area contributed by atoms with Crippen molar-refractivity contribution in [2.24, 2.45) is 0 Å². The van der Waals surface area contributed by atoms with Gasteiger partial charge >= 0.3 is 0 Å². The van der Waals surface area contributed by atoms with Crippen molar-refractivity contribution >= 4 is 15.5 Å². The van der Waals surface area contributed by atoms with Gasteiger partial charge in [0.2, 0.25) is 9.84 Å². The number of methoxy groups -OCH3 is 1. The highest BCUT2D eigenvalue weighted by molar-refractivity contribution is 7.95. The molecule has 2 aromatic rings. The molecule has 2 aromatic carbocycles. The molecule has 6 heteroatoms. The second-order valence-corrected chi connectivity index (χ2v) is 6.91. The monoisotopic (exact) mass is 342 g/mol. The van der Waals surface area contributed by atoms with Crippen LogP contribution in [0.1, 0.15) is 12.5 Å². The largest absolute Gasteiger partial charge is 0.497 e. The highest BCUT2D eigenvalue weighted by Gasteiger charge is 2.20. The molecule has 124 valence electrons. The lowest BCUT2D eigenvalue weighted by molar-refractivity contribution is 0.415.